The van der Waals surface area contributed by atoms with Crippen LogP contribution in [0.4, 0.5) is 11.5 Å². The lowest BCUT2D eigenvalue weighted by Gasteiger charge is -1.89. The summed E-state index contributed by atoms with van der Waals surface area (Å²) in [6.45, 7) is 0. The van der Waals surface area contributed by atoms with Gasteiger partial charge in [-0.1, -0.05) is 5.16 Å². The molecule has 0 atom stereocenters. The van der Waals surface area contributed by atoms with Gasteiger partial charge in [0.25, 0.3) is 0 Å². The van der Waals surface area contributed by atoms with Crippen molar-refractivity contribution in [2.75, 3.05) is 18.6 Å². The first kappa shape index (κ1) is 5.74. The maximum Gasteiger partial charge on any atom is 0.336 e. The molecule has 0 spiro atoms. The first-order valence-electron chi connectivity index (χ1n) is 2.30. The van der Waals surface area contributed by atoms with Crippen molar-refractivity contribution in [1.29, 1.82) is 0 Å². The molecule has 0 aliphatic carbocycles. The molecular formula is C4H7N3O2. The van der Waals surface area contributed by atoms with E-state index in [1.807, 2.05) is 0 Å². The molecule has 50 valence electrons. The zero-order valence-electron chi connectivity index (χ0n) is 4.92. The van der Waals surface area contributed by atoms with Crippen LogP contribution in [0, 0.1) is 0 Å². The van der Waals surface area contributed by atoms with Gasteiger partial charge in [-0.15, -0.1) is 0 Å². The first-order valence-corrected chi connectivity index (χ1v) is 2.30. The molecule has 0 aliphatic heterocycles. The Kier molecular flexibility index (Phi) is 1.18. The summed E-state index contributed by atoms with van der Waals surface area (Å²) in [5, 5.41) is 3.34. The van der Waals surface area contributed by atoms with E-state index < -0.39 is 0 Å². The van der Waals surface area contributed by atoms with Crippen molar-refractivity contribution in [3.8, 4) is 5.95 Å². The van der Waals surface area contributed by atoms with E-state index in [2.05, 4.69) is 14.4 Å². The Morgan fingerprint density at radius 1 is 1.56 bits per heavy atom. The van der Waals surface area contributed by atoms with Crippen LogP contribution in [-0.2, 0) is 0 Å². The second-order valence-electron chi connectivity index (χ2n) is 1.47. The minimum Gasteiger partial charge on any atom is -0.466 e. The number of nitrogens with zero attached hydrogens (tertiary/aromatic N) is 1. The number of hydrogen-bond acceptors (Lipinski definition) is 5. The van der Waals surface area contributed by atoms with Gasteiger partial charge in [0.2, 0.25) is 0 Å². The molecule has 5 heteroatoms. The van der Waals surface area contributed by atoms with E-state index >= 15 is 0 Å². The zero-order chi connectivity index (χ0) is 6.85. The SMILES string of the molecule is COc1onc(N)c1N. The van der Waals surface area contributed by atoms with Crippen LogP contribution >= 0.6 is 0 Å². The minimum atomic E-state index is 0.159. The molecule has 0 saturated heterocycles. The third-order valence-corrected chi connectivity index (χ3v) is 0.908. The van der Waals surface area contributed by atoms with Crippen LogP contribution in [-0.4, -0.2) is 12.3 Å². The van der Waals surface area contributed by atoms with E-state index in [1.165, 1.54) is 7.11 Å². The molecule has 0 aromatic carbocycles. The summed E-state index contributed by atoms with van der Waals surface area (Å²) in [5.41, 5.74) is 10.8. The van der Waals surface area contributed by atoms with E-state index in [4.69, 9.17) is 11.5 Å². The van der Waals surface area contributed by atoms with Crippen molar-refractivity contribution in [3.05, 3.63) is 0 Å². The highest BCUT2D eigenvalue weighted by Gasteiger charge is 2.08. The molecule has 9 heavy (non-hydrogen) atoms. The number of methoxy groups -OCH3 is 1. The van der Waals surface area contributed by atoms with Gasteiger partial charge < -0.3 is 20.7 Å². The lowest BCUT2D eigenvalue weighted by Crippen LogP contribution is -1.92. The fraction of sp³-hybridized carbons (Fsp3) is 0.250. The number of rotatable bonds is 1. The van der Waals surface area contributed by atoms with E-state index in [1.54, 1.807) is 0 Å². The van der Waals surface area contributed by atoms with E-state index in [-0.39, 0.29) is 17.5 Å². The molecule has 1 heterocycles. The van der Waals surface area contributed by atoms with Gasteiger partial charge >= 0.3 is 5.95 Å². The number of hydrogen-bond donors (Lipinski definition) is 2. The maximum atomic E-state index is 5.31. The summed E-state index contributed by atoms with van der Waals surface area (Å²) in [7, 11) is 1.43. The number of aromatic nitrogens is 1. The third kappa shape index (κ3) is 0.758. The van der Waals surface area contributed by atoms with Crippen molar-refractivity contribution < 1.29 is 9.26 Å². The highest BCUT2D eigenvalue weighted by molar-refractivity contribution is 5.62. The average molecular weight is 129 g/mol. The van der Waals surface area contributed by atoms with Gasteiger partial charge in [-0.2, -0.15) is 0 Å². The Bertz CT molecular complexity index is 208. The molecule has 1 aromatic rings. The van der Waals surface area contributed by atoms with Crippen LogP contribution in [0.2, 0.25) is 0 Å². The first-order chi connectivity index (χ1) is 4.25. The fourth-order valence-corrected chi connectivity index (χ4v) is 0.441. The molecule has 0 fully saturated rings. The highest BCUT2D eigenvalue weighted by Crippen LogP contribution is 2.25. The Labute approximate surface area is 51.6 Å². The number of nitrogen functional groups attached to an aromatic ring is 2. The van der Waals surface area contributed by atoms with Crippen LogP contribution in [0.25, 0.3) is 0 Å². The normalized spacial score (nSPS) is 9.44. The van der Waals surface area contributed by atoms with Gasteiger partial charge in [-0.05, 0) is 0 Å². The Morgan fingerprint density at radius 3 is 2.44 bits per heavy atom. The summed E-state index contributed by atoms with van der Waals surface area (Å²) in [6, 6.07) is 0. The van der Waals surface area contributed by atoms with Crippen LogP contribution in [0.5, 0.6) is 5.95 Å². The van der Waals surface area contributed by atoms with Crippen molar-refractivity contribution in [2.45, 2.75) is 0 Å². The van der Waals surface area contributed by atoms with Crippen molar-refractivity contribution in [2.24, 2.45) is 0 Å². The molecule has 0 unspecified atom stereocenters. The molecule has 1 rings (SSSR count). The molecule has 0 bridgehead atoms. The van der Waals surface area contributed by atoms with E-state index in [0.717, 1.165) is 0 Å². The fourth-order valence-electron chi connectivity index (χ4n) is 0.441. The highest BCUT2D eigenvalue weighted by atomic mass is 16.6. The van der Waals surface area contributed by atoms with Crippen LogP contribution in [0.1, 0.15) is 0 Å². The van der Waals surface area contributed by atoms with Gasteiger partial charge in [0.1, 0.15) is 0 Å². The lowest BCUT2D eigenvalue weighted by atomic mass is 10.5. The smallest absolute Gasteiger partial charge is 0.336 e. The monoisotopic (exact) mass is 129 g/mol. The third-order valence-electron chi connectivity index (χ3n) is 0.908. The van der Waals surface area contributed by atoms with E-state index in [0.29, 0.717) is 0 Å². The molecule has 1 aromatic heterocycles. The Morgan fingerprint density at radius 2 is 2.22 bits per heavy atom. The average Bonchev–Trinajstić information content (AvgIpc) is 2.15. The summed E-state index contributed by atoms with van der Waals surface area (Å²) in [5.74, 6) is 0.319. The van der Waals surface area contributed by atoms with Crippen molar-refractivity contribution in [3.63, 3.8) is 0 Å². The second-order valence-corrected chi connectivity index (χ2v) is 1.47. The summed E-state index contributed by atoms with van der Waals surface area (Å²) in [6.07, 6.45) is 0. The molecule has 4 N–H and O–H groups in total. The van der Waals surface area contributed by atoms with E-state index in [9.17, 15) is 0 Å². The molecule has 0 saturated carbocycles. The quantitative estimate of drug-likeness (QED) is 0.550. The molecule has 0 aliphatic rings. The van der Waals surface area contributed by atoms with Gasteiger partial charge in [0.15, 0.2) is 11.5 Å². The standard InChI is InChI=1S/C4H7N3O2/c1-8-4-2(5)3(6)7-9-4/h5H2,1H3,(H2,6,7). The maximum absolute atomic E-state index is 5.31. The Hall–Kier alpha value is -1.39. The van der Waals surface area contributed by atoms with Gasteiger partial charge in [0.05, 0.1) is 7.11 Å². The topological polar surface area (TPSA) is 87.3 Å². The number of anilines is 2. The summed E-state index contributed by atoms with van der Waals surface area (Å²) >= 11 is 0. The molecular weight excluding hydrogens is 122 g/mol. The van der Waals surface area contributed by atoms with Gasteiger partial charge in [-0.25, -0.2) is 0 Å². The predicted molar refractivity (Wildman–Crippen MR) is 31.9 cm³/mol. The molecule has 5 nitrogen and oxygen atoms in total. The predicted octanol–water partition coefficient (Wildman–Crippen LogP) is -0.152. The zero-order valence-corrected chi connectivity index (χ0v) is 4.92. The van der Waals surface area contributed by atoms with Gasteiger partial charge in [0, 0.05) is 0 Å². The number of nitrogens with two attached hydrogens (primary N) is 2. The van der Waals surface area contributed by atoms with Crippen molar-refractivity contribution in [1.82, 2.24) is 5.16 Å². The lowest BCUT2D eigenvalue weighted by molar-refractivity contribution is 0.263. The van der Waals surface area contributed by atoms with Gasteiger partial charge in [-0.3, -0.25) is 0 Å². The molecule has 0 radical (unpaired) electrons. The largest absolute Gasteiger partial charge is 0.466 e. The Balaban J connectivity index is 3.04. The van der Waals surface area contributed by atoms with Crippen LogP contribution in [0.15, 0.2) is 4.52 Å². The second kappa shape index (κ2) is 1.85. The number of ether oxygens (including phenoxy) is 1. The summed E-state index contributed by atoms with van der Waals surface area (Å²) in [4.78, 5) is 0. The van der Waals surface area contributed by atoms with Crippen LogP contribution in [0.3, 0.4) is 0 Å². The van der Waals surface area contributed by atoms with Crippen molar-refractivity contribution >= 4 is 11.5 Å². The summed E-state index contributed by atoms with van der Waals surface area (Å²) < 4.78 is 9.15. The molecule has 0 amide bonds. The minimum absolute atomic E-state index is 0.159. The van der Waals surface area contributed by atoms with Crippen LogP contribution < -0.4 is 16.2 Å².